The molecule has 2 aliphatic heterocycles. The number of amides is 2. The van der Waals surface area contributed by atoms with E-state index in [0.717, 1.165) is 17.3 Å². The van der Waals surface area contributed by atoms with Gasteiger partial charge >= 0.3 is 0 Å². The largest absolute Gasteiger partial charge is 0.497 e. The number of amidine groups is 2. The lowest BCUT2D eigenvalue weighted by Crippen LogP contribution is -2.18. The third-order valence-electron chi connectivity index (χ3n) is 2.97. The normalized spacial score (nSPS) is 17.8. The van der Waals surface area contributed by atoms with E-state index in [2.05, 4.69) is 10.3 Å². The monoisotopic (exact) mass is 380 g/mol. The van der Waals surface area contributed by atoms with Crippen molar-refractivity contribution < 1.29 is 19.1 Å². The lowest BCUT2D eigenvalue weighted by molar-refractivity contribution is -0.116. The molecule has 2 aliphatic rings. The highest BCUT2D eigenvalue weighted by Crippen LogP contribution is 2.30. The van der Waals surface area contributed by atoms with Crippen molar-refractivity contribution in [2.75, 3.05) is 20.0 Å². The van der Waals surface area contributed by atoms with Crippen LogP contribution in [0.1, 0.15) is 5.56 Å². The Labute approximate surface area is 152 Å². The maximum atomic E-state index is 11.5. The van der Waals surface area contributed by atoms with Crippen molar-refractivity contribution in [3.63, 3.8) is 0 Å². The number of nitrogens with one attached hydrogen (secondary N) is 2. The van der Waals surface area contributed by atoms with Crippen LogP contribution in [0.3, 0.4) is 0 Å². The molecule has 0 atom stereocenters. The van der Waals surface area contributed by atoms with Crippen LogP contribution in [0.2, 0.25) is 0 Å². The van der Waals surface area contributed by atoms with E-state index in [9.17, 15) is 9.59 Å². The Morgan fingerprint density at radius 2 is 2.08 bits per heavy atom. The Morgan fingerprint density at radius 3 is 2.52 bits per heavy atom. The number of benzene rings is 1. The van der Waals surface area contributed by atoms with Crippen LogP contribution in [-0.4, -0.2) is 42.1 Å². The van der Waals surface area contributed by atoms with E-state index in [0.29, 0.717) is 27.3 Å². The minimum absolute atomic E-state index is 0.123. The molecule has 10 heteroatoms. The third-order valence-corrected chi connectivity index (χ3v) is 4.58. The minimum atomic E-state index is -0.261. The number of carbonyl (C=O) groups is 2. The third kappa shape index (κ3) is 5.26. The second-order valence-corrected chi connectivity index (χ2v) is 6.68. The second-order valence-electron chi connectivity index (χ2n) is 4.63. The number of hydrogen-bond donors (Lipinski definition) is 3. The topological polar surface area (TPSA) is 127 Å². The lowest BCUT2D eigenvalue weighted by atomic mass is 10.1. The number of methoxy groups -OCH3 is 2. The summed E-state index contributed by atoms with van der Waals surface area (Å²) in [6.45, 7) is 0. The van der Waals surface area contributed by atoms with E-state index in [-0.39, 0.29) is 17.0 Å². The first-order chi connectivity index (χ1) is 11.9. The van der Waals surface area contributed by atoms with Gasteiger partial charge in [0.15, 0.2) is 10.3 Å². The van der Waals surface area contributed by atoms with Gasteiger partial charge in [-0.15, -0.1) is 0 Å². The molecule has 4 N–H and O–H groups in total. The average Bonchev–Trinajstić information content (AvgIpc) is 3.12. The Hall–Kier alpha value is -2.46. The van der Waals surface area contributed by atoms with E-state index in [4.69, 9.17) is 20.6 Å². The van der Waals surface area contributed by atoms with Crippen LogP contribution in [0.15, 0.2) is 28.1 Å². The van der Waals surface area contributed by atoms with Crippen molar-refractivity contribution in [3.8, 4) is 11.5 Å². The Morgan fingerprint density at radius 1 is 1.32 bits per heavy atom. The summed E-state index contributed by atoms with van der Waals surface area (Å²) in [7, 11) is 3.13. The van der Waals surface area contributed by atoms with Crippen LogP contribution in [0.5, 0.6) is 11.5 Å². The number of rotatable bonds is 3. The molecule has 1 saturated heterocycles. The fraction of sp³-hybridized carbons (Fsp3) is 0.200. The molecule has 25 heavy (non-hydrogen) atoms. The molecule has 0 aromatic heterocycles. The molecule has 3 rings (SSSR count). The van der Waals surface area contributed by atoms with E-state index in [1.165, 1.54) is 11.8 Å². The summed E-state index contributed by atoms with van der Waals surface area (Å²) in [5.41, 5.74) is 5.89. The van der Waals surface area contributed by atoms with Gasteiger partial charge in [0.25, 0.3) is 11.8 Å². The van der Waals surface area contributed by atoms with Crippen LogP contribution in [0.25, 0.3) is 6.08 Å². The molecule has 0 aliphatic carbocycles. The molecule has 0 bridgehead atoms. The van der Waals surface area contributed by atoms with Gasteiger partial charge < -0.3 is 20.5 Å². The molecule has 1 aromatic rings. The predicted molar refractivity (Wildman–Crippen MR) is 100 cm³/mol. The smallest absolute Gasteiger partial charge is 0.264 e. The molecular formula is C15H16N4O4S2. The summed E-state index contributed by atoms with van der Waals surface area (Å²) < 4.78 is 10.3. The Bertz CT molecular complexity index is 777. The van der Waals surface area contributed by atoms with Gasteiger partial charge in [0, 0.05) is 11.6 Å². The molecule has 2 amide bonds. The van der Waals surface area contributed by atoms with Crippen molar-refractivity contribution >= 4 is 51.7 Å². The van der Waals surface area contributed by atoms with E-state index in [1.54, 1.807) is 38.5 Å². The maximum absolute atomic E-state index is 11.5. The predicted octanol–water partition coefficient (Wildman–Crippen LogP) is 1.42. The average molecular weight is 380 g/mol. The molecule has 132 valence electrons. The zero-order valence-electron chi connectivity index (χ0n) is 13.5. The highest BCUT2D eigenvalue weighted by molar-refractivity contribution is 8.18. The SMILES string of the molecule is COc1ccc(C=C2SC(=N)NC2=O)c(OC)c1.NC1=NC(=O)CS1. The Kier molecular flexibility index (Phi) is 6.48. The first-order valence-corrected chi connectivity index (χ1v) is 8.74. The van der Waals surface area contributed by atoms with E-state index >= 15 is 0 Å². The molecule has 0 unspecified atom stereocenters. The molecule has 0 saturated carbocycles. The summed E-state index contributed by atoms with van der Waals surface area (Å²) in [6.07, 6.45) is 1.69. The van der Waals surface area contributed by atoms with Gasteiger partial charge in [0.2, 0.25) is 0 Å². The van der Waals surface area contributed by atoms with Gasteiger partial charge in [-0.25, -0.2) is 0 Å². The molecule has 1 aromatic carbocycles. The molecule has 0 radical (unpaired) electrons. The second kappa shape index (κ2) is 8.58. The zero-order chi connectivity index (χ0) is 18.4. The highest BCUT2D eigenvalue weighted by Gasteiger charge is 2.22. The van der Waals surface area contributed by atoms with Crippen LogP contribution < -0.4 is 20.5 Å². The van der Waals surface area contributed by atoms with Crippen molar-refractivity contribution in [2.45, 2.75) is 0 Å². The Balaban J connectivity index is 0.000000269. The van der Waals surface area contributed by atoms with Crippen LogP contribution in [0, 0.1) is 5.41 Å². The summed E-state index contributed by atoms with van der Waals surface area (Å²) >= 11 is 2.38. The number of nitrogens with two attached hydrogens (primary N) is 1. The molecule has 0 spiro atoms. The van der Waals surface area contributed by atoms with E-state index < -0.39 is 0 Å². The first-order valence-electron chi connectivity index (χ1n) is 6.94. The van der Waals surface area contributed by atoms with Crippen molar-refractivity contribution in [1.82, 2.24) is 5.32 Å². The van der Waals surface area contributed by atoms with Crippen LogP contribution >= 0.6 is 23.5 Å². The summed E-state index contributed by atoms with van der Waals surface area (Å²) in [6, 6.07) is 5.34. The summed E-state index contributed by atoms with van der Waals surface area (Å²) in [5.74, 6) is 1.34. The van der Waals surface area contributed by atoms with Gasteiger partial charge in [0.1, 0.15) is 11.5 Å². The highest BCUT2D eigenvalue weighted by atomic mass is 32.2. The number of nitrogens with zero attached hydrogens (tertiary/aromatic N) is 1. The fourth-order valence-electron chi connectivity index (χ4n) is 1.84. The number of ether oxygens (including phenoxy) is 2. The van der Waals surface area contributed by atoms with Gasteiger partial charge in [-0.3, -0.25) is 15.0 Å². The van der Waals surface area contributed by atoms with Crippen molar-refractivity contribution in [1.29, 1.82) is 5.41 Å². The summed E-state index contributed by atoms with van der Waals surface area (Å²) in [5, 5.41) is 10.3. The number of thioether (sulfide) groups is 2. The number of carbonyl (C=O) groups excluding carboxylic acids is 2. The molecular weight excluding hydrogens is 364 g/mol. The van der Waals surface area contributed by atoms with Crippen molar-refractivity contribution in [3.05, 3.63) is 28.7 Å². The molecule has 1 fully saturated rings. The first kappa shape index (κ1) is 18.9. The van der Waals surface area contributed by atoms with Crippen LogP contribution in [0.4, 0.5) is 0 Å². The number of aliphatic imine (C=N–C) groups is 1. The van der Waals surface area contributed by atoms with Gasteiger partial charge in [-0.2, -0.15) is 4.99 Å². The van der Waals surface area contributed by atoms with E-state index in [1.807, 2.05) is 0 Å². The van der Waals surface area contributed by atoms with Crippen molar-refractivity contribution in [2.24, 2.45) is 10.7 Å². The zero-order valence-corrected chi connectivity index (χ0v) is 15.1. The minimum Gasteiger partial charge on any atom is -0.497 e. The van der Waals surface area contributed by atoms with Gasteiger partial charge in [0.05, 0.1) is 24.9 Å². The maximum Gasteiger partial charge on any atom is 0.264 e. The number of hydrogen-bond acceptors (Lipinski definition) is 8. The van der Waals surface area contributed by atoms with Gasteiger partial charge in [-0.1, -0.05) is 11.8 Å². The van der Waals surface area contributed by atoms with Gasteiger partial charge in [-0.05, 0) is 30.0 Å². The standard InChI is InChI=1S/C12H12N2O3S.C3H4N2OS/c1-16-8-4-3-7(9(6-8)17-2)5-10-11(15)14-12(13)18-10;4-3-5-2(6)1-7-3/h3-6H,1-2H3,(H2,13,14,15);1H2,(H2,4,5,6). The molecule has 2 heterocycles. The molecule has 8 nitrogen and oxygen atoms in total. The fourth-order valence-corrected chi connectivity index (χ4v) is 3.04. The summed E-state index contributed by atoms with van der Waals surface area (Å²) in [4.78, 5) is 25.6. The quantitative estimate of drug-likeness (QED) is 0.677. The van der Waals surface area contributed by atoms with Crippen LogP contribution in [-0.2, 0) is 9.59 Å². The lowest BCUT2D eigenvalue weighted by Gasteiger charge is -2.07.